The predicted octanol–water partition coefficient (Wildman–Crippen LogP) is 6.76. The van der Waals surface area contributed by atoms with Crippen molar-refractivity contribution in [2.24, 2.45) is 0 Å². The lowest BCUT2D eigenvalue weighted by Crippen LogP contribution is -2.27. The Labute approximate surface area is 234 Å². The minimum atomic E-state index is -0.383. The molecule has 0 aliphatic carbocycles. The summed E-state index contributed by atoms with van der Waals surface area (Å²) in [5.41, 5.74) is 2.08. The molecule has 1 aliphatic heterocycles. The molecule has 1 N–H and O–H groups in total. The molecule has 9 heteroatoms. The Morgan fingerprint density at radius 2 is 1.74 bits per heavy atom. The minimum Gasteiger partial charge on any atom is -0.493 e. The molecule has 0 bridgehead atoms. The number of thioether (sulfide) groups is 1. The van der Waals surface area contributed by atoms with Gasteiger partial charge in [0.2, 0.25) is 0 Å². The van der Waals surface area contributed by atoms with Crippen molar-refractivity contribution >= 4 is 63.0 Å². The second-order valence-corrected chi connectivity index (χ2v) is 10.0. The Kier molecular flexibility index (Phi) is 7.86. The first-order chi connectivity index (χ1) is 18.9. The fraction of sp³-hybridized carbons (Fsp3) is 0.100. The fourth-order valence-corrected chi connectivity index (χ4v) is 5.32. The molecule has 4 aromatic rings. The molecule has 3 amide bonds. The largest absolute Gasteiger partial charge is 0.493 e. The monoisotopic (exact) mass is 558 g/mol. The lowest BCUT2D eigenvalue weighted by molar-refractivity contribution is -0.123. The summed E-state index contributed by atoms with van der Waals surface area (Å²) in [4.78, 5) is 39.7. The topological polar surface area (TPSA) is 84.9 Å². The molecule has 196 valence electrons. The average Bonchev–Trinajstić information content (AvgIpc) is 3.20. The molecule has 0 radical (unpaired) electrons. The number of para-hydroxylation sites is 1. The van der Waals surface area contributed by atoms with E-state index in [2.05, 4.69) is 5.32 Å². The van der Waals surface area contributed by atoms with E-state index in [0.717, 1.165) is 28.1 Å². The lowest BCUT2D eigenvalue weighted by Gasteiger charge is -2.14. The van der Waals surface area contributed by atoms with Crippen LogP contribution in [0.2, 0.25) is 5.02 Å². The van der Waals surface area contributed by atoms with Crippen LogP contribution in [-0.4, -0.2) is 35.7 Å². The summed E-state index contributed by atoms with van der Waals surface area (Å²) in [6.07, 6.45) is 1.59. The summed E-state index contributed by atoms with van der Waals surface area (Å²) < 4.78 is 11.1. The number of fused-ring (bicyclic) bond motifs is 1. The Hall–Kier alpha value is -4.27. The zero-order chi connectivity index (χ0) is 27.4. The Bertz CT molecular complexity index is 1600. The van der Waals surface area contributed by atoms with Crippen LogP contribution in [-0.2, 0) is 16.1 Å². The van der Waals surface area contributed by atoms with Crippen LogP contribution < -0.4 is 14.8 Å². The van der Waals surface area contributed by atoms with Crippen molar-refractivity contribution in [2.75, 3.05) is 19.0 Å². The van der Waals surface area contributed by atoms with Crippen LogP contribution >= 0.6 is 23.4 Å². The number of benzene rings is 4. The van der Waals surface area contributed by atoms with Gasteiger partial charge in [-0.25, -0.2) is 0 Å². The van der Waals surface area contributed by atoms with Crippen molar-refractivity contribution < 1.29 is 23.9 Å². The predicted molar refractivity (Wildman–Crippen MR) is 154 cm³/mol. The molecule has 39 heavy (non-hydrogen) atoms. The molecule has 0 aromatic heterocycles. The van der Waals surface area contributed by atoms with Crippen LogP contribution in [0.1, 0.15) is 11.1 Å². The summed E-state index contributed by atoms with van der Waals surface area (Å²) >= 11 is 7.33. The van der Waals surface area contributed by atoms with E-state index in [-0.39, 0.29) is 51.6 Å². The number of hydrogen-bond donors (Lipinski definition) is 1. The molecule has 0 unspecified atom stereocenters. The van der Waals surface area contributed by atoms with E-state index >= 15 is 0 Å². The van der Waals surface area contributed by atoms with Gasteiger partial charge in [-0.1, -0.05) is 72.3 Å². The maximum atomic E-state index is 13.2. The number of methoxy groups -OCH3 is 1. The highest BCUT2D eigenvalue weighted by Crippen LogP contribution is 2.39. The van der Waals surface area contributed by atoms with Gasteiger partial charge in [0, 0.05) is 5.69 Å². The number of anilines is 1. The van der Waals surface area contributed by atoms with Gasteiger partial charge >= 0.3 is 0 Å². The summed E-state index contributed by atoms with van der Waals surface area (Å²) in [5.74, 6) is -0.256. The normalized spacial score (nSPS) is 14.2. The van der Waals surface area contributed by atoms with Gasteiger partial charge in [0.25, 0.3) is 17.1 Å². The van der Waals surface area contributed by atoms with E-state index in [0.29, 0.717) is 11.3 Å². The number of nitrogens with zero attached hydrogens (tertiary/aromatic N) is 1. The van der Waals surface area contributed by atoms with Gasteiger partial charge in [0.1, 0.15) is 0 Å². The van der Waals surface area contributed by atoms with E-state index < -0.39 is 0 Å². The van der Waals surface area contributed by atoms with Crippen molar-refractivity contribution in [1.29, 1.82) is 0 Å². The van der Waals surface area contributed by atoms with Gasteiger partial charge in [-0.2, -0.15) is 0 Å². The van der Waals surface area contributed by atoms with Gasteiger partial charge < -0.3 is 14.8 Å². The number of halogens is 1. The Morgan fingerprint density at radius 1 is 1.00 bits per heavy atom. The van der Waals surface area contributed by atoms with E-state index in [1.165, 1.54) is 12.0 Å². The maximum Gasteiger partial charge on any atom is 0.293 e. The number of carbonyl (C=O) groups excluding carboxylic acids is 3. The van der Waals surface area contributed by atoms with E-state index in [9.17, 15) is 14.4 Å². The first-order valence-electron chi connectivity index (χ1n) is 12.0. The molecule has 5 rings (SSSR count). The minimum absolute atomic E-state index is 0.172. The standard InChI is InChI=1S/C30H23ClN2O5S/c1-37-25-15-19(14-24(31)28(25)38-18-27(34)32-22-11-3-2-4-12-22)16-26-29(35)33(30(36)39-26)17-21-10-7-9-20-8-5-6-13-23(20)21/h2-16H,17-18H2,1H3,(H,32,34)/b26-16-. The number of ether oxygens (including phenoxy) is 2. The first-order valence-corrected chi connectivity index (χ1v) is 13.2. The lowest BCUT2D eigenvalue weighted by atomic mass is 10.0. The van der Waals surface area contributed by atoms with Crippen LogP contribution in [0.4, 0.5) is 10.5 Å². The van der Waals surface area contributed by atoms with Crippen molar-refractivity contribution in [3.8, 4) is 11.5 Å². The number of nitrogens with one attached hydrogen (secondary N) is 1. The molecule has 0 atom stereocenters. The number of imide groups is 1. The van der Waals surface area contributed by atoms with Crippen LogP contribution in [0.15, 0.2) is 89.8 Å². The van der Waals surface area contributed by atoms with E-state index in [1.807, 2.05) is 60.7 Å². The highest BCUT2D eigenvalue weighted by atomic mass is 35.5. The molecular formula is C30H23ClN2O5S. The fourth-order valence-electron chi connectivity index (χ4n) is 4.21. The smallest absolute Gasteiger partial charge is 0.293 e. The van der Waals surface area contributed by atoms with Gasteiger partial charge in [0.05, 0.1) is 23.6 Å². The highest BCUT2D eigenvalue weighted by Gasteiger charge is 2.35. The zero-order valence-electron chi connectivity index (χ0n) is 20.8. The van der Waals surface area contributed by atoms with E-state index in [1.54, 1.807) is 30.3 Å². The molecule has 1 aliphatic rings. The molecule has 1 fully saturated rings. The summed E-state index contributed by atoms with van der Waals surface area (Å²) in [7, 11) is 1.45. The maximum absolute atomic E-state index is 13.2. The van der Waals surface area contributed by atoms with Crippen LogP contribution in [0.5, 0.6) is 11.5 Å². The summed E-state index contributed by atoms with van der Waals surface area (Å²) in [5, 5.41) is 4.62. The number of hydrogen-bond acceptors (Lipinski definition) is 6. The van der Waals surface area contributed by atoms with Crippen molar-refractivity contribution in [1.82, 2.24) is 4.90 Å². The third-order valence-electron chi connectivity index (χ3n) is 6.04. The quantitative estimate of drug-likeness (QED) is 0.241. The van der Waals surface area contributed by atoms with Gasteiger partial charge in [0.15, 0.2) is 18.1 Å². The average molecular weight is 559 g/mol. The number of rotatable bonds is 8. The third kappa shape index (κ3) is 5.92. The second kappa shape index (κ2) is 11.6. The molecule has 1 saturated heterocycles. The third-order valence-corrected chi connectivity index (χ3v) is 7.22. The summed E-state index contributed by atoms with van der Waals surface area (Å²) in [6.45, 7) is -0.108. The Balaban J connectivity index is 1.31. The zero-order valence-corrected chi connectivity index (χ0v) is 22.4. The molecule has 4 aromatic carbocycles. The molecule has 0 saturated carbocycles. The molecular weight excluding hydrogens is 536 g/mol. The molecule has 1 heterocycles. The highest BCUT2D eigenvalue weighted by molar-refractivity contribution is 8.18. The number of amides is 3. The molecule has 7 nitrogen and oxygen atoms in total. The van der Waals surface area contributed by atoms with Crippen LogP contribution in [0.25, 0.3) is 16.8 Å². The van der Waals surface area contributed by atoms with Gasteiger partial charge in [-0.3, -0.25) is 19.3 Å². The van der Waals surface area contributed by atoms with Crippen LogP contribution in [0, 0.1) is 0 Å². The van der Waals surface area contributed by atoms with E-state index in [4.69, 9.17) is 21.1 Å². The SMILES string of the molecule is COc1cc(/C=C2\SC(=O)N(Cc3cccc4ccccc34)C2=O)cc(Cl)c1OCC(=O)Nc1ccccc1. The first kappa shape index (κ1) is 26.3. The molecule has 0 spiro atoms. The number of carbonyl (C=O) groups is 3. The van der Waals surface area contributed by atoms with Crippen molar-refractivity contribution in [3.05, 3.63) is 106 Å². The van der Waals surface area contributed by atoms with Gasteiger partial charge in [-0.15, -0.1) is 0 Å². The summed E-state index contributed by atoms with van der Waals surface area (Å²) in [6, 6.07) is 25.9. The van der Waals surface area contributed by atoms with Crippen molar-refractivity contribution in [2.45, 2.75) is 6.54 Å². The van der Waals surface area contributed by atoms with Crippen LogP contribution in [0.3, 0.4) is 0 Å². The van der Waals surface area contributed by atoms with Crippen molar-refractivity contribution in [3.63, 3.8) is 0 Å². The van der Waals surface area contributed by atoms with Gasteiger partial charge in [-0.05, 0) is 64.0 Å². The Morgan fingerprint density at radius 3 is 2.54 bits per heavy atom. The second-order valence-electron chi connectivity index (χ2n) is 8.64.